The van der Waals surface area contributed by atoms with Gasteiger partial charge in [-0.15, -0.1) is 0 Å². The van der Waals surface area contributed by atoms with Crippen molar-refractivity contribution in [3.05, 3.63) is 64.3 Å². The highest BCUT2D eigenvalue weighted by Crippen LogP contribution is 2.20. The van der Waals surface area contributed by atoms with Crippen molar-refractivity contribution in [2.45, 2.75) is 6.54 Å². The largest absolute Gasteiger partial charge is 0.490 e. The number of ether oxygens (including phenoxy) is 1. The summed E-state index contributed by atoms with van der Waals surface area (Å²) in [5.74, 6) is -0.427. The first kappa shape index (κ1) is 12.8. The van der Waals surface area contributed by atoms with Crippen LogP contribution < -0.4 is 10.3 Å². The lowest BCUT2D eigenvalue weighted by molar-refractivity contribution is 0.294. The van der Waals surface area contributed by atoms with Crippen LogP contribution in [0.15, 0.2) is 47.4 Å². The van der Waals surface area contributed by atoms with Crippen molar-refractivity contribution in [2.24, 2.45) is 0 Å². The van der Waals surface area contributed by atoms with Crippen LogP contribution in [0.1, 0.15) is 5.56 Å². The predicted molar refractivity (Wildman–Crippen MR) is 67.3 cm³/mol. The fourth-order valence-corrected chi connectivity index (χ4v) is 1.63. The van der Waals surface area contributed by atoms with E-state index in [4.69, 9.17) is 10.00 Å². The van der Waals surface area contributed by atoms with Gasteiger partial charge in [0.1, 0.15) is 29.8 Å². The number of nitriles is 1. The molecule has 4 nitrogen and oxygen atoms in total. The summed E-state index contributed by atoms with van der Waals surface area (Å²) in [7, 11) is 0. The van der Waals surface area contributed by atoms with Gasteiger partial charge in [-0.1, -0.05) is 12.1 Å². The highest BCUT2D eigenvalue weighted by atomic mass is 19.1. The Labute approximate surface area is 109 Å². The third kappa shape index (κ3) is 2.99. The summed E-state index contributed by atoms with van der Waals surface area (Å²) in [4.78, 5) is 11.4. The molecule has 0 spiro atoms. The number of halogens is 1. The lowest BCUT2D eigenvalue weighted by Crippen LogP contribution is -2.21. The lowest BCUT2D eigenvalue weighted by atomic mass is 10.2. The molecule has 19 heavy (non-hydrogen) atoms. The van der Waals surface area contributed by atoms with Gasteiger partial charge in [0.05, 0.1) is 6.54 Å². The van der Waals surface area contributed by atoms with Gasteiger partial charge in [0.25, 0.3) is 5.56 Å². The molecule has 0 aliphatic rings. The molecule has 0 radical (unpaired) electrons. The average Bonchev–Trinajstić information content (AvgIpc) is 2.41. The van der Waals surface area contributed by atoms with E-state index < -0.39 is 5.82 Å². The molecular weight excluding hydrogens is 247 g/mol. The zero-order valence-corrected chi connectivity index (χ0v) is 10.0. The zero-order valence-electron chi connectivity index (χ0n) is 10.0. The molecule has 2 rings (SSSR count). The highest BCUT2D eigenvalue weighted by Gasteiger charge is 2.08. The maximum absolute atomic E-state index is 13.3. The monoisotopic (exact) mass is 258 g/mol. The predicted octanol–water partition coefficient (Wildman–Crippen LogP) is 1.94. The summed E-state index contributed by atoms with van der Waals surface area (Å²) in [5.41, 5.74) is -0.256. The van der Waals surface area contributed by atoms with Gasteiger partial charge in [-0.2, -0.15) is 5.26 Å². The van der Waals surface area contributed by atoms with Crippen molar-refractivity contribution < 1.29 is 9.13 Å². The third-order valence-corrected chi connectivity index (χ3v) is 2.58. The Hall–Kier alpha value is -2.61. The molecule has 2 aromatic rings. The molecule has 0 saturated carbocycles. The molecule has 0 saturated heterocycles. The average molecular weight is 258 g/mol. The van der Waals surface area contributed by atoms with Crippen molar-refractivity contribution in [1.29, 1.82) is 5.26 Å². The van der Waals surface area contributed by atoms with Gasteiger partial charge in [0.2, 0.25) is 0 Å². The summed E-state index contributed by atoms with van der Waals surface area (Å²) in [6.45, 7) is 0.517. The Morgan fingerprint density at radius 3 is 2.84 bits per heavy atom. The second kappa shape index (κ2) is 5.83. The smallest absolute Gasteiger partial charge is 0.250 e. The first-order valence-electron chi connectivity index (χ1n) is 5.69. The van der Waals surface area contributed by atoms with E-state index in [1.807, 2.05) is 0 Å². The van der Waals surface area contributed by atoms with Gasteiger partial charge in [-0.25, -0.2) is 4.39 Å². The number of aromatic nitrogens is 1. The fourth-order valence-electron chi connectivity index (χ4n) is 1.63. The second-order valence-corrected chi connectivity index (χ2v) is 3.81. The summed E-state index contributed by atoms with van der Waals surface area (Å²) < 4.78 is 20.1. The number of benzene rings is 1. The van der Waals surface area contributed by atoms with E-state index in [0.29, 0.717) is 6.54 Å². The van der Waals surface area contributed by atoms with Crippen LogP contribution >= 0.6 is 0 Å². The third-order valence-electron chi connectivity index (χ3n) is 2.58. The number of hydrogen-bond donors (Lipinski definition) is 0. The Balaban J connectivity index is 2.05. The maximum atomic E-state index is 13.3. The van der Waals surface area contributed by atoms with E-state index in [1.54, 1.807) is 24.4 Å². The zero-order chi connectivity index (χ0) is 13.7. The fraction of sp³-hybridized carbons (Fsp3) is 0.143. The summed E-state index contributed by atoms with van der Waals surface area (Å²) in [5, 5.41) is 8.83. The Bertz CT molecular complexity index is 674. The van der Waals surface area contributed by atoms with E-state index in [9.17, 15) is 9.18 Å². The standard InChI is InChI=1S/C14H11FN2O2/c15-12-4-3-5-13(11(12)10-16)19-9-8-17-7-2-1-6-14(17)18/h1-7H,8-9H2. The molecule has 96 valence electrons. The normalized spacial score (nSPS) is 9.89. The minimum atomic E-state index is -0.614. The number of hydrogen-bond acceptors (Lipinski definition) is 3. The van der Waals surface area contributed by atoms with Crippen LogP contribution in [0.3, 0.4) is 0 Å². The van der Waals surface area contributed by atoms with Crippen molar-refractivity contribution in [2.75, 3.05) is 6.61 Å². The van der Waals surface area contributed by atoms with Gasteiger partial charge in [0, 0.05) is 12.3 Å². The molecule has 0 unspecified atom stereocenters. The van der Waals surface area contributed by atoms with Crippen LogP contribution in [0, 0.1) is 17.1 Å². The molecule has 1 aromatic carbocycles. The lowest BCUT2D eigenvalue weighted by Gasteiger charge is -2.09. The molecule has 1 aromatic heterocycles. The Morgan fingerprint density at radius 1 is 1.26 bits per heavy atom. The van der Waals surface area contributed by atoms with Crippen molar-refractivity contribution in [1.82, 2.24) is 4.57 Å². The molecule has 1 heterocycles. The van der Waals surface area contributed by atoms with Crippen LogP contribution in [0.2, 0.25) is 0 Å². The molecule has 0 bridgehead atoms. The van der Waals surface area contributed by atoms with Crippen LogP contribution in [0.5, 0.6) is 5.75 Å². The minimum Gasteiger partial charge on any atom is -0.490 e. The molecule has 0 amide bonds. The first-order chi connectivity index (χ1) is 9.22. The molecule has 0 aliphatic heterocycles. The number of pyridine rings is 1. The van der Waals surface area contributed by atoms with Gasteiger partial charge in [-0.3, -0.25) is 4.79 Å². The SMILES string of the molecule is N#Cc1c(F)cccc1OCCn1ccccc1=O. The minimum absolute atomic E-state index is 0.122. The topological polar surface area (TPSA) is 55.0 Å². The highest BCUT2D eigenvalue weighted by molar-refractivity contribution is 5.43. The second-order valence-electron chi connectivity index (χ2n) is 3.81. The van der Waals surface area contributed by atoms with E-state index >= 15 is 0 Å². The molecule has 0 aliphatic carbocycles. The van der Waals surface area contributed by atoms with Gasteiger partial charge in [-0.05, 0) is 18.2 Å². The molecule has 0 N–H and O–H groups in total. The summed E-state index contributed by atoms with van der Waals surface area (Å²) in [6.07, 6.45) is 1.64. The first-order valence-corrected chi connectivity index (χ1v) is 5.69. The van der Waals surface area contributed by atoms with Crippen LogP contribution in [-0.2, 0) is 6.54 Å². The van der Waals surface area contributed by atoms with Gasteiger partial charge >= 0.3 is 0 Å². The Kier molecular flexibility index (Phi) is 3.94. The molecule has 0 atom stereocenters. The molecule has 0 fully saturated rings. The van der Waals surface area contributed by atoms with Crippen molar-refractivity contribution in [3.63, 3.8) is 0 Å². The summed E-state index contributed by atoms with van der Waals surface area (Å²) in [6, 6.07) is 10.8. The Morgan fingerprint density at radius 2 is 2.11 bits per heavy atom. The number of rotatable bonds is 4. The number of nitrogens with zero attached hydrogens (tertiary/aromatic N) is 2. The van der Waals surface area contributed by atoms with Gasteiger partial charge in [0.15, 0.2) is 0 Å². The van der Waals surface area contributed by atoms with E-state index in [0.717, 1.165) is 0 Å². The van der Waals surface area contributed by atoms with Crippen LogP contribution in [0.4, 0.5) is 4.39 Å². The van der Waals surface area contributed by atoms with Gasteiger partial charge < -0.3 is 9.30 Å². The van der Waals surface area contributed by atoms with E-state index in [2.05, 4.69) is 0 Å². The molecular formula is C14H11FN2O2. The van der Waals surface area contributed by atoms with Crippen LogP contribution in [-0.4, -0.2) is 11.2 Å². The van der Waals surface area contributed by atoms with Crippen molar-refractivity contribution >= 4 is 0 Å². The maximum Gasteiger partial charge on any atom is 0.250 e. The van der Waals surface area contributed by atoms with E-state index in [1.165, 1.54) is 28.8 Å². The van der Waals surface area contributed by atoms with E-state index in [-0.39, 0.29) is 23.5 Å². The summed E-state index contributed by atoms with van der Waals surface area (Å²) >= 11 is 0. The van der Waals surface area contributed by atoms with Crippen LogP contribution in [0.25, 0.3) is 0 Å². The quantitative estimate of drug-likeness (QED) is 0.842. The van der Waals surface area contributed by atoms with Crippen molar-refractivity contribution in [3.8, 4) is 11.8 Å². The molecule has 5 heteroatoms.